The van der Waals surface area contributed by atoms with Gasteiger partial charge in [0.05, 0.1) is 7.11 Å². The number of nitrogens with one attached hydrogen (secondary N) is 1. The second-order valence-electron chi connectivity index (χ2n) is 4.63. The highest BCUT2D eigenvalue weighted by Crippen LogP contribution is 2.24. The number of ether oxygens (including phenoxy) is 1. The molecule has 2 aromatic carbocycles. The molecule has 3 heteroatoms. The van der Waals surface area contributed by atoms with Crippen LogP contribution in [0.1, 0.15) is 24.1 Å². The van der Waals surface area contributed by atoms with Crippen LogP contribution in [0.15, 0.2) is 42.5 Å². The van der Waals surface area contributed by atoms with Crippen molar-refractivity contribution in [1.82, 2.24) is 0 Å². The van der Waals surface area contributed by atoms with Gasteiger partial charge in [-0.15, -0.1) is 0 Å². The molecule has 1 atom stereocenters. The van der Waals surface area contributed by atoms with Crippen molar-refractivity contribution < 1.29 is 9.13 Å². The fourth-order valence-corrected chi connectivity index (χ4v) is 2.03. The molecule has 0 heterocycles. The first-order chi connectivity index (χ1) is 9.10. The van der Waals surface area contributed by atoms with Gasteiger partial charge in [-0.3, -0.25) is 0 Å². The first-order valence-electron chi connectivity index (χ1n) is 6.27. The maximum Gasteiger partial charge on any atom is 0.167 e. The molecular formula is C16H18FNO. The van der Waals surface area contributed by atoms with Crippen molar-refractivity contribution in [3.05, 3.63) is 59.4 Å². The van der Waals surface area contributed by atoms with E-state index in [1.165, 1.54) is 24.3 Å². The average molecular weight is 259 g/mol. The topological polar surface area (TPSA) is 21.3 Å². The second-order valence-corrected chi connectivity index (χ2v) is 4.63. The number of hydrogen-bond donors (Lipinski definition) is 1. The number of benzene rings is 2. The van der Waals surface area contributed by atoms with Crippen molar-refractivity contribution in [3.8, 4) is 5.75 Å². The van der Waals surface area contributed by atoms with Crippen LogP contribution in [-0.2, 0) is 0 Å². The van der Waals surface area contributed by atoms with E-state index in [4.69, 9.17) is 4.74 Å². The third kappa shape index (κ3) is 3.25. The zero-order valence-corrected chi connectivity index (χ0v) is 11.4. The molecule has 0 saturated heterocycles. The number of methoxy groups -OCH3 is 1. The molecule has 100 valence electrons. The van der Waals surface area contributed by atoms with E-state index in [0.717, 1.165) is 5.69 Å². The minimum atomic E-state index is -0.357. The maximum absolute atomic E-state index is 13.6. The van der Waals surface area contributed by atoms with Gasteiger partial charge in [0.2, 0.25) is 0 Å². The molecule has 19 heavy (non-hydrogen) atoms. The van der Waals surface area contributed by atoms with Crippen LogP contribution in [0.4, 0.5) is 10.1 Å². The Morgan fingerprint density at radius 2 is 1.95 bits per heavy atom. The van der Waals surface area contributed by atoms with Gasteiger partial charge in [0.25, 0.3) is 0 Å². The summed E-state index contributed by atoms with van der Waals surface area (Å²) in [5.41, 5.74) is 3.13. The fraction of sp³-hybridized carbons (Fsp3) is 0.250. The fourth-order valence-electron chi connectivity index (χ4n) is 2.03. The number of halogens is 1. The van der Waals surface area contributed by atoms with Crippen LogP contribution >= 0.6 is 0 Å². The van der Waals surface area contributed by atoms with Gasteiger partial charge in [-0.1, -0.05) is 29.8 Å². The highest BCUT2D eigenvalue weighted by atomic mass is 19.1. The molecule has 0 aliphatic rings. The van der Waals surface area contributed by atoms with Gasteiger partial charge in [0.15, 0.2) is 11.6 Å². The zero-order valence-electron chi connectivity index (χ0n) is 11.4. The zero-order chi connectivity index (χ0) is 13.8. The predicted molar refractivity (Wildman–Crippen MR) is 76.2 cm³/mol. The molecule has 0 spiro atoms. The molecule has 0 aromatic heterocycles. The van der Waals surface area contributed by atoms with Crippen LogP contribution in [0.25, 0.3) is 0 Å². The molecule has 0 aliphatic heterocycles. The first kappa shape index (κ1) is 13.4. The van der Waals surface area contributed by atoms with Crippen LogP contribution in [0.2, 0.25) is 0 Å². The van der Waals surface area contributed by atoms with Crippen LogP contribution in [0.5, 0.6) is 5.75 Å². The lowest BCUT2D eigenvalue weighted by Crippen LogP contribution is -2.07. The molecule has 0 radical (unpaired) electrons. The first-order valence-corrected chi connectivity index (χ1v) is 6.27. The summed E-state index contributed by atoms with van der Waals surface area (Å²) in [7, 11) is 1.46. The van der Waals surface area contributed by atoms with E-state index in [2.05, 4.69) is 37.4 Å². The van der Waals surface area contributed by atoms with E-state index >= 15 is 0 Å². The number of rotatable bonds is 4. The van der Waals surface area contributed by atoms with Crippen molar-refractivity contribution in [2.75, 3.05) is 12.4 Å². The summed E-state index contributed by atoms with van der Waals surface area (Å²) in [5, 5.41) is 3.28. The van der Waals surface area contributed by atoms with E-state index < -0.39 is 0 Å². The largest absolute Gasteiger partial charge is 0.494 e. The maximum atomic E-state index is 13.6. The normalized spacial score (nSPS) is 12.0. The SMILES string of the molecule is COc1ccc(NC(C)c2cccc(C)c2)cc1F. The predicted octanol–water partition coefficient (Wildman–Crippen LogP) is 4.32. The third-order valence-electron chi connectivity index (χ3n) is 3.08. The Hall–Kier alpha value is -2.03. The van der Waals surface area contributed by atoms with Gasteiger partial charge < -0.3 is 10.1 Å². The summed E-state index contributed by atoms with van der Waals surface area (Å²) >= 11 is 0. The quantitative estimate of drug-likeness (QED) is 0.883. The molecule has 0 saturated carbocycles. The standard InChI is InChI=1S/C16H18FNO/c1-11-5-4-6-13(9-11)12(2)18-14-7-8-16(19-3)15(17)10-14/h4-10,12,18H,1-3H3. The van der Waals surface area contributed by atoms with E-state index in [-0.39, 0.29) is 17.6 Å². The van der Waals surface area contributed by atoms with Crippen molar-refractivity contribution in [2.45, 2.75) is 19.9 Å². The summed E-state index contributed by atoms with van der Waals surface area (Å²) in [5.74, 6) is -0.0994. The van der Waals surface area contributed by atoms with Crippen LogP contribution < -0.4 is 10.1 Å². The lowest BCUT2D eigenvalue weighted by molar-refractivity contribution is 0.386. The van der Waals surface area contributed by atoms with Gasteiger partial charge >= 0.3 is 0 Å². The average Bonchev–Trinajstić information content (AvgIpc) is 2.39. The van der Waals surface area contributed by atoms with Crippen LogP contribution in [0.3, 0.4) is 0 Å². The van der Waals surface area contributed by atoms with E-state index in [1.807, 2.05) is 12.1 Å². The summed E-state index contributed by atoms with van der Waals surface area (Å²) in [6, 6.07) is 13.3. The molecular weight excluding hydrogens is 241 g/mol. The van der Waals surface area contributed by atoms with Gasteiger partial charge in [0, 0.05) is 17.8 Å². The van der Waals surface area contributed by atoms with Gasteiger partial charge in [-0.05, 0) is 31.5 Å². The molecule has 0 fully saturated rings. The van der Waals surface area contributed by atoms with Crippen LogP contribution in [-0.4, -0.2) is 7.11 Å². The van der Waals surface area contributed by atoms with Crippen molar-refractivity contribution >= 4 is 5.69 Å². The van der Waals surface area contributed by atoms with Gasteiger partial charge in [-0.25, -0.2) is 4.39 Å². The Kier molecular flexibility index (Phi) is 4.05. The Labute approximate surface area is 113 Å². The third-order valence-corrected chi connectivity index (χ3v) is 3.08. The summed E-state index contributed by atoms with van der Waals surface area (Å²) in [6.45, 7) is 4.11. The molecule has 2 aromatic rings. The number of aryl methyl sites for hydroxylation is 1. The molecule has 2 rings (SSSR count). The molecule has 1 N–H and O–H groups in total. The molecule has 0 amide bonds. The van der Waals surface area contributed by atoms with Gasteiger partial charge in [0.1, 0.15) is 0 Å². The summed E-state index contributed by atoms with van der Waals surface area (Å²) in [4.78, 5) is 0. The lowest BCUT2D eigenvalue weighted by Gasteiger charge is -2.16. The summed E-state index contributed by atoms with van der Waals surface area (Å²) < 4.78 is 18.5. The molecule has 1 unspecified atom stereocenters. The minimum Gasteiger partial charge on any atom is -0.494 e. The molecule has 2 nitrogen and oxygen atoms in total. The highest BCUT2D eigenvalue weighted by Gasteiger charge is 2.08. The highest BCUT2D eigenvalue weighted by molar-refractivity contribution is 5.49. The van der Waals surface area contributed by atoms with Crippen molar-refractivity contribution in [2.24, 2.45) is 0 Å². The van der Waals surface area contributed by atoms with E-state index in [0.29, 0.717) is 0 Å². The minimum absolute atomic E-state index is 0.118. The number of anilines is 1. The Morgan fingerprint density at radius 3 is 2.58 bits per heavy atom. The second kappa shape index (κ2) is 5.74. The number of hydrogen-bond acceptors (Lipinski definition) is 2. The smallest absolute Gasteiger partial charge is 0.167 e. The van der Waals surface area contributed by atoms with E-state index in [1.54, 1.807) is 6.07 Å². The van der Waals surface area contributed by atoms with Crippen molar-refractivity contribution in [3.63, 3.8) is 0 Å². The Bertz CT molecular complexity index is 568. The Balaban J connectivity index is 2.14. The van der Waals surface area contributed by atoms with Gasteiger partial charge in [-0.2, -0.15) is 0 Å². The molecule has 0 aliphatic carbocycles. The monoisotopic (exact) mass is 259 g/mol. The van der Waals surface area contributed by atoms with Crippen molar-refractivity contribution in [1.29, 1.82) is 0 Å². The summed E-state index contributed by atoms with van der Waals surface area (Å²) in [6.07, 6.45) is 0. The molecule has 0 bridgehead atoms. The lowest BCUT2D eigenvalue weighted by atomic mass is 10.1. The van der Waals surface area contributed by atoms with E-state index in [9.17, 15) is 4.39 Å². The Morgan fingerprint density at radius 1 is 1.16 bits per heavy atom. The van der Waals surface area contributed by atoms with Crippen LogP contribution in [0, 0.1) is 12.7 Å².